The number of amides is 1. The first-order chi connectivity index (χ1) is 40.5. The Morgan fingerprint density at radius 2 is 0.663 bits per heavy atom. The second kappa shape index (κ2) is 65.7. The van der Waals surface area contributed by atoms with E-state index in [0.717, 1.165) is 38.5 Å². The number of phosphoric ester groups is 1. The summed E-state index contributed by atoms with van der Waals surface area (Å²) < 4.78 is 23.6. The summed E-state index contributed by atoms with van der Waals surface area (Å²) in [5.41, 5.74) is 0. The van der Waals surface area contributed by atoms with Gasteiger partial charge in [-0.3, -0.25) is 9.36 Å². The van der Waals surface area contributed by atoms with Crippen molar-refractivity contribution in [1.82, 2.24) is 5.32 Å². The molecule has 0 aromatic heterocycles. The molecule has 0 radical (unpaired) electrons. The van der Waals surface area contributed by atoms with Crippen molar-refractivity contribution in [1.29, 1.82) is 0 Å². The van der Waals surface area contributed by atoms with E-state index in [2.05, 4.69) is 31.3 Å². The minimum Gasteiger partial charge on any atom is -0.756 e. The number of aliphatic hydroxyl groups is 1. The van der Waals surface area contributed by atoms with E-state index in [-0.39, 0.29) is 19.1 Å². The highest BCUT2D eigenvalue weighted by atomic mass is 31.2. The number of allylic oxidation sites excluding steroid dienone is 2. The van der Waals surface area contributed by atoms with Crippen molar-refractivity contribution in [3.63, 3.8) is 0 Å². The molecule has 3 unspecified atom stereocenters. The van der Waals surface area contributed by atoms with Gasteiger partial charge in [-0.25, -0.2) is 0 Å². The van der Waals surface area contributed by atoms with E-state index in [9.17, 15) is 19.4 Å². The predicted octanol–water partition coefficient (Wildman–Crippen LogP) is 23.4. The molecule has 83 heavy (non-hydrogen) atoms. The van der Waals surface area contributed by atoms with Crippen LogP contribution < -0.4 is 10.2 Å². The molecule has 0 aromatic rings. The SMILES string of the molecule is CCCCCCCCCC/C=C\CCCCCCCCCCCCCCCCCCCC(=O)NC(COP(=O)([O-])OCC[N+](C)(C)C)C(O)CCCCCCCCCCCCCCCCCCCCCCCCCCCCCCCCCC. The van der Waals surface area contributed by atoms with Gasteiger partial charge < -0.3 is 28.8 Å². The van der Waals surface area contributed by atoms with Crippen LogP contribution in [0.5, 0.6) is 0 Å². The normalized spacial score (nSPS) is 13.6. The summed E-state index contributed by atoms with van der Waals surface area (Å²) >= 11 is 0. The number of carbonyl (C=O) groups is 1. The lowest BCUT2D eigenvalue weighted by Crippen LogP contribution is -2.46. The molecule has 0 aliphatic heterocycles. The van der Waals surface area contributed by atoms with Crippen molar-refractivity contribution < 1.29 is 32.9 Å². The molecular weight excluding hydrogens is 1040 g/mol. The summed E-state index contributed by atoms with van der Waals surface area (Å²) in [6, 6.07) is -0.799. The standard InChI is InChI=1S/C74H149N2O6P/c1-6-8-10-12-14-16-18-20-22-24-26-28-30-32-34-36-37-38-40-41-43-45-47-49-51-53-55-57-59-61-63-65-67-73(77)72(71-82-83(79,80)81-70-69-76(3,4)5)75-74(78)68-66-64-62-60-58-56-54-52-50-48-46-44-42-39-35-33-31-29-27-25-23-21-19-17-15-13-11-9-7-2/h25,27,72-73,77H,6-24,26,28-71H2,1-5H3,(H-,75,78,79,80)/b27-25-. The van der Waals surface area contributed by atoms with Crippen LogP contribution in [0.1, 0.15) is 406 Å². The molecule has 8 nitrogen and oxygen atoms in total. The van der Waals surface area contributed by atoms with Crippen LogP contribution >= 0.6 is 7.82 Å². The molecular formula is C74H149N2O6P. The van der Waals surface area contributed by atoms with E-state index in [1.165, 1.54) is 340 Å². The molecule has 0 aliphatic carbocycles. The summed E-state index contributed by atoms with van der Waals surface area (Å²) in [4.78, 5) is 25.7. The smallest absolute Gasteiger partial charge is 0.268 e. The van der Waals surface area contributed by atoms with Crippen molar-refractivity contribution in [3.05, 3.63) is 12.2 Å². The zero-order chi connectivity index (χ0) is 60.5. The topological polar surface area (TPSA) is 108 Å². The average Bonchev–Trinajstić information content (AvgIpc) is 3.50. The number of likely N-dealkylation sites (N-methyl/N-ethyl adjacent to an activating group) is 1. The molecule has 0 saturated heterocycles. The van der Waals surface area contributed by atoms with Gasteiger partial charge in [-0.1, -0.05) is 373 Å². The van der Waals surface area contributed by atoms with Gasteiger partial charge >= 0.3 is 0 Å². The summed E-state index contributed by atoms with van der Waals surface area (Å²) in [5.74, 6) is -0.155. The van der Waals surface area contributed by atoms with Gasteiger partial charge in [0.15, 0.2) is 0 Å². The lowest BCUT2D eigenvalue weighted by atomic mass is 10.0. The van der Waals surface area contributed by atoms with Crippen molar-refractivity contribution in [2.75, 3.05) is 40.9 Å². The maximum atomic E-state index is 13.1. The first kappa shape index (κ1) is 82.2. The highest BCUT2D eigenvalue weighted by molar-refractivity contribution is 7.45. The number of nitrogens with zero attached hydrogens (tertiary/aromatic N) is 1. The molecule has 3 atom stereocenters. The predicted molar refractivity (Wildman–Crippen MR) is 362 cm³/mol. The summed E-state index contributed by atoms with van der Waals surface area (Å²) in [5, 5.41) is 14.1. The lowest BCUT2D eigenvalue weighted by Gasteiger charge is -2.30. The highest BCUT2D eigenvalue weighted by Crippen LogP contribution is 2.38. The van der Waals surface area contributed by atoms with Gasteiger partial charge in [-0.05, 0) is 38.5 Å². The number of carbonyl (C=O) groups excluding carboxylic acids is 1. The number of nitrogens with one attached hydrogen (secondary N) is 1. The van der Waals surface area contributed by atoms with Crippen LogP contribution in [0.3, 0.4) is 0 Å². The van der Waals surface area contributed by atoms with Gasteiger partial charge in [-0.15, -0.1) is 0 Å². The van der Waals surface area contributed by atoms with Gasteiger partial charge in [0.05, 0.1) is 39.9 Å². The molecule has 0 spiro atoms. The lowest BCUT2D eigenvalue weighted by molar-refractivity contribution is -0.870. The molecule has 0 heterocycles. The maximum Gasteiger partial charge on any atom is 0.268 e. The number of unbranched alkanes of at least 4 members (excludes halogenated alkanes) is 56. The molecule has 0 aliphatic rings. The zero-order valence-corrected chi connectivity index (χ0v) is 57.8. The van der Waals surface area contributed by atoms with Crippen LogP contribution in [-0.4, -0.2) is 68.5 Å². The van der Waals surface area contributed by atoms with Crippen LogP contribution in [0.4, 0.5) is 0 Å². The van der Waals surface area contributed by atoms with E-state index in [1.54, 1.807) is 0 Å². The molecule has 9 heteroatoms. The number of aliphatic hydroxyl groups excluding tert-OH is 1. The number of phosphoric acid groups is 1. The Bertz CT molecular complexity index is 1360. The Kier molecular flexibility index (Phi) is 65.1. The van der Waals surface area contributed by atoms with Gasteiger partial charge in [0, 0.05) is 6.42 Å². The largest absolute Gasteiger partial charge is 0.756 e. The fraction of sp³-hybridized carbons (Fsp3) is 0.959. The molecule has 0 aromatic carbocycles. The molecule has 496 valence electrons. The van der Waals surface area contributed by atoms with Crippen molar-refractivity contribution in [2.24, 2.45) is 0 Å². The fourth-order valence-electron chi connectivity index (χ4n) is 11.9. The molecule has 0 bridgehead atoms. The third-order valence-electron chi connectivity index (χ3n) is 17.8. The van der Waals surface area contributed by atoms with Crippen LogP contribution in [0.2, 0.25) is 0 Å². The third kappa shape index (κ3) is 68.6. The number of hydrogen-bond donors (Lipinski definition) is 2. The van der Waals surface area contributed by atoms with Crippen LogP contribution in [0, 0.1) is 0 Å². The minimum absolute atomic E-state index is 0.0159. The summed E-state index contributed by atoms with van der Waals surface area (Å²) in [6.07, 6.45) is 84.6. The van der Waals surface area contributed by atoms with Crippen molar-refractivity contribution in [2.45, 2.75) is 418 Å². The van der Waals surface area contributed by atoms with E-state index in [4.69, 9.17) is 9.05 Å². The maximum absolute atomic E-state index is 13.1. The average molecular weight is 1190 g/mol. The number of quaternary nitrogens is 1. The molecule has 0 saturated carbocycles. The zero-order valence-electron chi connectivity index (χ0n) is 56.9. The minimum atomic E-state index is -4.58. The van der Waals surface area contributed by atoms with Gasteiger partial charge in [0.1, 0.15) is 13.2 Å². The summed E-state index contributed by atoms with van der Waals surface area (Å²) in [7, 11) is 1.33. The first-order valence-electron chi connectivity index (χ1n) is 37.5. The van der Waals surface area contributed by atoms with E-state index in [1.807, 2.05) is 21.1 Å². The number of rotatable bonds is 71. The second-order valence-electron chi connectivity index (χ2n) is 27.4. The van der Waals surface area contributed by atoms with Crippen molar-refractivity contribution >= 4 is 13.7 Å². The second-order valence-corrected chi connectivity index (χ2v) is 28.8. The molecule has 0 rings (SSSR count). The number of hydrogen-bond acceptors (Lipinski definition) is 6. The van der Waals surface area contributed by atoms with E-state index >= 15 is 0 Å². The molecule has 0 fully saturated rings. The molecule has 1 amide bonds. The van der Waals surface area contributed by atoms with Crippen molar-refractivity contribution in [3.8, 4) is 0 Å². The van der Waals surface area contributed by atoms with Gasteiger partial charge in [0.2, 0.25) is 5.91 Å². The molecule has 2 N–H and O–H groups in total. The highest BCUT2D eigenvalue weighted by Gasteiger charge is 2.24. The quantitative estimate of drug-likeness (QED) is 0.0272. The monoisotopic (exact) mass is 1190 g/mol. The van der Waals surface area contributed by atoms with Gasteiger partial charge in [0.25, 0.3) is 7.82 Å². The summed E-state index contributed by atoms with van der Waals surface area (Å²) in [6.45, 7) is 4.80. The van der Waals surface area contributed by atoms with Crippen LogP contribution in [-0.2, 0) is 18.4 Å². The van der Waals surface area contributed by atoms with E-state index in [0.29, 0.717) is 23.9 Å². The Morgan fingerprint density at radius 1 is 0.410 bits per heavy atom. The first-order valence-corrected chi connectivity index (χ1v) is 39.0. The third-order valence-corrected chi connectivity index (χ3v) is 18.7. The van der Waals surface area contributed by atoms with Crippen LogP contribution in [0.15, 0.2) is 12.2 Å². The Labute approximate surface area is 520 Å². The Balaban J connectivity index is 3.95. The Morgan fingerprint density at radius 3 is 0.940 bits per heavy atom. The van der Waals surface area contributed by atoms with Gasteiger partial charge in [-0.2, -0.15) is 0 Å². The van der Waals surface area contributed by atoms with Crippen LogP contribution in [0.25, 0.3) is 0 Å². The van der Waals surface area contributed by atoms with E-state index < -0.39 is 20.0 Å². The fourth-order valence-corrected chi connectivity index (χ4v) is 12.6. The Hall–Kier alpha value is -0.760.